The zero-order chi connectivity index (χ0) is 14.9. The van der Waals surface area contributed by atoms with Crippen molar-refractivity contribution < 1.29 is 0 Å². The molecular weight excluding hydrogens is 300 g/mol. The lowest BCUT2D eigenvalue weighted by atomic mass is 9.96. The van der Waals surface area contributed by atoms with Gasteiger partial charge in [0.1, 0.15) is 12.1 Å². The van der Waals surface area contributed by atoms with Gasteiger partial charge in [-0.25, -0.2) is 9.97 Å². The van der Waals surface area contributed by atoms with Crippen molar-refractivity contribution >= 4 is 23.1 Å². The number of aromatic nitrogens is 5. The standard InChI is InChI=1S/C15H15ClN6/c16-10-5-6-13-20-21-14(22(13)8-10)7-17-15-11-3-1-2-4-12(11)18-9-19-15/h5-6,8-9H,1-4,7H2,(H,17,18,19). The van der Waals surface area contributed by atoms with E-state index in [4.69, 9.17) is 11.6 Å². The molecule has 0 fully saturated rings. The number of pyridine rings is 1. The minimum atomic E-state index is 0.547. The molecule has 4 rings (SSSR count). The van der Waals surface area contributed by atoms with Crippen LogP contribution in [0.5, 0.6) is 0 Å². The van der Waals surface area contributed by atoms with E-state index in [0.717, 1.165) is 35.8 Å². The largest absolute Gasteiger partial charge is 0.362 e. The normalized spacial score (nSPS) is 14.0. The fraction of sp³-hybridized carbons (Fsp3) is 0.333. The summed E-state index contributed by atoms with van der Waals surface area (Å²) < 4.78 is 1.89. The molecule has 0 radical (unpaired) electrons. The van der Waals surface area contributed by atoms with Gasteiger partial charge in [0.25, 0.3) is 0 Å². The van der Waals surface area contributed by atoms with Crippen LogP contribution in [-0.2, 0) is 19.4 Å². The highest BCUT2D eigenvalue weighted by molar-refractivity contribution is 6.30. The van der Waals surface area contributed by atoms with Crippen LogP contribution in [0.3, 0.4) is 0 Å². The summed E-state index contributed by atoms with van der Waals surface area (Å²) in [5.74, 6) is 1.71. The Hall–Kier alpha value is -2.21. The summed E-state index contributed by atoms with van der Waals surface area (Å²) in [5, 5.41) is 12.4. The molecule has 1 aliphatic carbocycles. The predicted molar refractivity (Wildman–Crippen MR) is 84.0 cm³/mol. The van der Waals surface area contributed by atoms with Crippen molar-refractivity contribution in [2.45, 2.75) is 32.2 Å². The van der Waals surface area contributed by atoms with Crippen molar-refractivity contribution in [3.05, 3.63) is 46.8 Å². The van der Waals surface area contributed by atoms with Gasteiger partial charge in [-0.1, -0.05) is 11.6 Å². The van der Waals surface area contributed by atoms with Crippen LogP contribution in [0.2, 0.25) is 5.02 Å². The van der Waals surface area contributed by atoms with Crippen LogP contribution < -0.4 is 5.32 Å². The highest BCUT2D eigenvalue weighted by Gasteiger charge is 2.15. The molecule has 3 aromatic heterocycles. The summed E-state index contributed by atoms with van der Waals surface area (Å²) in [6, 6.07) is 3.66. The first-order chi connectivity index (χ1) is 10.8. The van der Waals surface area contributed by atoms with E-state index in [-0.39, 0.29) is 0 Å². The molecule has 0 atom stereocenters. The van der Waals surface area contributed by atoms with E-state index < -0.39 is 0 Å². The maximum Gasteiger partial charge on any atom is 0.160 e. The van der Waals surface area contributed by atoms with E-state index in [1.807, 2.05) is 22.7 Å². The lowest BCUT2D eigenvalue weighted by Gasteiger charge is -2.17. The Bertz CT molecular complexity index is 828. The summed E-state index contributed by atoms with van der Waals surface area (Å²) in [5.41, 5.74) is 3.18. The molecule has 7 heteroatoms. The zero-order valence-corrected chi connectivity index (χ0v) is 12.7. The molecule has 112 valence electrons. The summed E-state index contributed by atoms with van der Waals surface area (Å²) in [7, 11) is 0. The van der Waals surface area contributed by atoms with Crippen LogP contribution in [0.1, 0.15) is 29.9 Å². The summed E-state index contributed by atoms with van der Waals surface area (Å²) in [6.07, 6.45) is 7.92. The van der Waals surface area contributed by atoms with Crippen molar-refractivity contribution in [2.24, 2.45) is 0 Å². The van der Waals surface area contributed by atoms with Gasteiger partial charge in [0.05, 0.1) is 11.6 Å². The monoisotopic (exact) mass is 314 g/mol. The molecule has 1 N–H and O–H groups in total. The number of aryl methyl sites for hydroxylation is 1. The van der Waals surface area contributed by atoms with E-state index >= 15 is 0 Å². The number of fused-ring (bicyclic) bond motifs is 2. The molecule has 6 nitrogen and oxygen atoms in total. The fourth-order valence-corrected chi connectivity index (χ4v) is 3.03. The van der Waals surface area contributed by atoms with Gasteiger partial charge >= 0.3 is 0 Å². The van der Waals surface area contributed by atoms with Crippen LogP contribution in [-0.4, -0.2) is 24.6 Å². The van der Waals surface area contributed by atoms with E-state index in [9.17, 15) is 0 Å². The summed E-state index contributed by atoms with van der Waals surface area (Å²) >= 11 is 6.04. The van der Waals surface area contributed by atoms with E-state index in [1.165, 1.54) is 18.4 Å². The predicted octanol–water partition coefficient (Wildman–Crippen LogP) is 2.66. The van der Waals surface area contributed by atoms with Crippen molar-refractivity contribution in [3.63, 3.8) is 0 Å². The molecule has 0 saturated heterocycles. The lowest BCUT2D eigenvalue weighted by Crippen LogP contribution is -2.13. The number of anilines is 1. The number of rotatable bonds is 3. The number of halogens is 1. The summed E-state index contributed by atoms with van der Waals surface area (Å²) in [4.78, 5) is 8.77. The fourth-order valence-electron chi connectivity index (χ4n) is 2.87. The van der Waals surface area contributed by atoms with Crippen LogP contribution in [0.25, 0.3) is 5.65 Å². The van der Waals surface area contributed by atoms with E-state index in [1.54, 1.807) is 6.33 Å². The van der Waals surface area contributed by atoms with Crippen molar-refractivity contribution in [1.82, 2.24) is 24.6 Å². The minimum Gasteiger partial charge on any atom is -0.362 e. The molecule has 22 heavy (non-hydrogen) atoms. The number of nitrogens with one attached hydrogen (secondary N) is 1. The molecule has 0 amide bonds. The minimum absolute atomic E-state index is 0.547. The smallest absolute Gasteiger partial charge is 0.160 e. The number of hydrogen-bond acceptors (Lipinski definition) is 5. The van der Waals surface area contributed by atoms with Gasteiger partial charge in [0.15, 0.2) is 11.5 Å². The molecule has 0 unspecified atom stereocenters. The Kier molecular flexibility index (Phi) is 3.38. The first-order valence-electron chi connectivity index (χ1n) is 7.37. The molecular formula is C15H15ClN6. The third kappa shape index (κ3) is 2.39. The molecule has 3 aromatic rings. The second kappa shape index (κ2) is 5.53. The first kappa shape index (κ1) is 13.5. The van der Waals surface area contributed by atoms with Crippen LogP contribution in [0, 0.1) is 0 Å². The van der Waals surface area contributed by atoms with Gasteiger partial charge in [-0.2, -0.15) is 0 Å². The Morgan fingerprint density at radius 2 is 2.05 bits per heavy atom. The van der Waals surface area contributed by atoms with Gasteiger partial charge in [-0.05, 0) is 37.8 Å². The molecule has 1 aliphatic rings. The summed E-state index contributed by atoms with van der Waals surface area (Å²) in [6.45, 7) is 0.547. The average molecular weight is 315 g/mol. The van der Waals surface area contributed by atoms with Crippen LogP contribution >= 0.6 is 11.6 Å². The van der Waals surface area contributed by atoms with Crippen LogP contribution in [0.15, 0.2) is 24.7 Å². The Morgan fingerprint density at radius 1 is 1.14 bits per heavy atom. The third-order valence-electron chi connectivity index (χ3n) is 3.98. The maximum absolute atomic E-state index is 6.04. The topological polar surface area (TPSA) is 68.0 Å². The second-order valence-electron chi connectivity index (χ2n) is 5.40. The Balaban J connectivity index is 1.61. The second-order valence-corrected chi connectivity index (χ2v) is 5.84. The highest BCUT2D eigenvalue weighted by atomic mass is 35.5. The lowest BCUT2D eigenvalue weighted by molar-refractivity contribution is 0.663. The molecule has 0 bridgehead atoms. The molecule has 0 aliphatic heterocycles. The molecule has 0 aromatic carbocycles. The van der Waals surface area contributed by atoms with Crippen molar-refractivity contribution in [3.8, 4) is 0 Å². The molecule has 3 heterocycles. The third-order valence-corrected chi connectivity index (χ3v) is 4.20. The van der Waals surface area contributed by atoms with Gasteiger partial charge in [-0.15, -0.1) is 10.2 Å². The van der Waals surface area contributed by atoms with Gasteiger partial charge in [0, 0.05) is 17.5 Å². The van der Waals surface area contributed by atoms with Crippen molar-refractivity contribution in [2.75, 3.05) is 5.32 Å². The quantitative estimate of drug-likeness (QED) is 0.805. The average Bonchev–Trinajstić information content (AvgIpc) is 2.95. The first-order valence-corrected chi connectivity index (χ1v) is 7.75. The number of nitrogens with zero attached hydrogens (tertiary/aromatic N) is 5. The van der Waals surface area contributed by atoms with Gasteiger partial charge < -0.3 is 5.32 Å². The molecule has 0 spiro atoms. The van der Waals surface area contributed by atoms with E-state index in [0.29, 0.717) is 11.6 Å². The zero-order valence-electron chi connectivity index (χ0n) is 12.0. The number of hydrogen-bond donors (Lipinski definition) is 1. The van der Waals surface area contributed by atoms with Gasteiger partial charge in [0.2, 0.25) is 0 Å². The van der Waals surface area contributed by atoms with Gasteiger partial charge in [-0.3, -0.25) is 4.40 Å². The Labute approximate surface area is 132 Å². The highest BCUT2D eigenvalue weighted by Crippen LogP contribution is 2.24. The van der Waals surface area contributed by atoms with Crippen molar-refractivity contribution in [1.29, 1.82) is 0 Å². The Morgan fingerprint density at radius 3 is 3.00 bits per heavy atom. The molecule has 0 saturated carbocycles. The van der Waals surface area contributed by atoms with E-state index in [2.05, 4.69) is 25.5 Å². The van der Waals surface area contributed by atoms with Crippen LogP contribution in [0.4, 0.5) is 5.82 Å². The maximum atomic E-state index is 6.04. The SMILES string of the molecule is Clc1ccc2nnc(CNc3ncnc4c3CCCC4)n2c1.